The van der Waals surface area contributed by atoms with Gasteiger partial charge in [-0.25, -0.2) is 14.8 Å². The van der Waals surface area contributed by atoms with E-state index < -0.39 is 12.1 Å². The number of aromatic nitrogens is 3. The molecule has 3 heterocycles. The van der Waals surface area contributed by atoms with Gasteiger partial charge in [-0.2, -0.15) is 0 Å². The molecule has 29 heavy (non-hydrogen) atoms. The summed E-state index contributed by atoms with van der Waals surface area (Å²) in [7, 11) is 0. The van der Waals surface area contributed by atoms with E-state index in [2.05, 4.69) is 20.3 Å². The number of halogens is 1. The first kappa shape index (κ1) is 19.2. The highest BCUT2D eigenvalue weighted by Crippen LogP contribution is 2.39. The molecule has 1 aromatic carbocycles. The van der Waals surface area contributed by atoms with Crippen molar-refractivity contribution in [3.63, 3.8) is 0 Å². The van der Waals surface area contributed by atoms with Crippen LogP contribution in [0.3, 0.4) is 0 Å². The molecule has 0 spiro atoms. The summed E-state index contributed by atoms with van der Waals surface area (Å²) >= 11 is 6.20. The number of aromatic amines is 1. The number of ether oxygens (including phenoxy) is 1. The van der Waals surface area contributed by atoms with Crippen LogP contribution in [0.1, 0.15) is 36.7 Å². The van der Waals surface area contributed by atoms with Gasteiger partial charge < -0.3 is 9.72 Å². The third-order valence-corrected chi connectivity index (χ3v) is 5.10. The minimum atomic E-state index is -0.435. The number of nitrogens with one attached hydrogen (secondary N) is 2. The number of hydrogen-bond acceptors (Lipinski definition) is 5. The molecule has 3 aromatic rings. The van der Waals surface area contributed by atoms with Crippen LogP contribution in [0, 0.1) is 0 Å². The molecule has 0 aliphatic carbocycles. The zero-order valence-electron chi connectivity index (χ0n) is 16.0. The van der Waals surface area contributed by atoms with Gasteiger partial charge in [0.1, 0.15) is 6.04 Å². The zero-order chi connectivity index (χ0) is 20.5. The number of amides is 2. The Morgan fingerprint density at radius 1 is 1.34 bits per heavy atom. The fourth-order valence-electron chi connectivity index (χ4n) is 3.71. The molecule has 2 aromatic heterocycles. The molecule has 0 fully saturated rings. The van der Waals surface area contributed by atoms with E-state index in [1.54, 1.807) is 24.2 Å². The van der Waals surface area contributed by atoms with E-state index in [0.29, 0.717) is 23.6 Å². The molecule has 150 valence electrons. The van der Waals surface area contributed by atoms with Crippen LogP contribution in [0.2, 0.25) is 5.02 Å². The minimum absolute atomic E-state index is 0.211. The topological polar surface area (TPSA) is 100 Å². The fourth-order valence-corrected chi connectivity index (χ4v) is 3.88. The number of carbonyl (C=O) groups excluding carboxylic acids is 2. The van der Waals surface area contributed by atoms with Crippen molar-refractivity contribution in [3.8, 4) is 0 Å². The molecular formula is C20H20ClN5O3. The van der Waals surface area contributed by atoms with Gasteiger partial charge in [0.15, 0.2) is 0 Å². The molecule has 1 aliphatic heterocycles. The second kappa shape index (κ2) is 7.71. The maximum absolute atomic E-state index is 12.6. The van der Waals surface area contributed by atoms with E-state index in [0.717, 1.165) is 22.2 Å². The van der Waals surface area contributed by atoms with Crippen molar-refractivity contribution in [2.45, 2.75) is 26.3 Å². The van der Waals surface area contributed by atoms with Crippen LogP contribution in [0.25, 0.3) is 10.9 Å². The molecule has 1 atom stereocenters. The lowest BCUT2D eigenvalue weighted by Gasteiger charge is -2.35. The Bertz CT molecular complexity index is 1080. The number of nitrogens with zero attached hydrogens (tertiary/aromatic N) is 3. The highest BCUT2D eigenvalue weighted by Gasteiger charge is 2.35. The molecule has 4 rings (SSSR count). The maximum Gasteiger partial charge on any atom is 0.410 e. The van der Waals surface area contributed by atoms with E-state index in [4.69, 9.17) is 16.3 Å². The normalized spacial score (nSPS) is 15.8. The molecule has 0 saturated carbocycles. The van der Waals surface area contributed by atoms with Gasteiger partial charge in [-0.05, 0) is 37.1 Å². The van der Waals surface area contributed by atoms with Gasteiger partial charge in [0.05, 0.1) is 6.61 Å². The number of hydrogen-bond donors (Lipinski definition) is 2. The molecule has 9 heteroatoms. The Balaban J connectivity index is 1.81. The second-order valence-electron chi connectivity index (χ2n) is 6.77. The molecule has 0 bridgehead atoms. The highest BCUT2D eigenvalue weighted by atomic mass is 35.5. The highest BCUT2D eigenvalue weighted by molar-refractivity contribution is 6.31. The van der Waals surface area contributed by atoms with Gasteiger partial charge in [-0.3, -0.25) is 15.0 Å². The van der Waals surface area contributed by atoms with Crippen molar-refractivity contribution >= 4 is 40.5 Å². The summed E-state index contributed by atoms with van der Waals surface area (Å²) in [6.45, 7) is 3.94. The standard InChI is InChI=1S/C20H20ClN5O3/c1-3-29-20(28)26-7-6-14-15-8-13(21)4-5-16(15)25-17(14)18(26)12-9-22-19(23-10-12)24-11(2)27/h4-5,8-10,18,25H,3,6-7H2,1-2H3,(H,22,23,24,27). The van der Waals surface area contributed by atoms with E-state index in [1.165, 1.54) is 6.92 Å². The SMILES string of the molecule is CCOC(=O)N1CCc2c([nH]c3ccc(Cl)cc23)C1c1cnc(NC(C)=O)nc1. The predicted octanol–water partition coefficient (Wildman–Crippen LogP) is 3.67. The maximum atomic E-state index is 12.6. The molecule has 0 saturated heterocycles. The number of anilines is 1. The average molecular weight is 414 g/mol. The average Bonchev–Trinajstić information content (AvgIpc) is 3.05. The Hall–Kier alpha value is -3.13. The monoisotopic (exact) mass is 413 g/mol. The predicted molar refractivity (Wildman–Crippen MR) is 109 cm³/mol. The van der Waals surface area contributed by atoms with Crippen LogP contribution >= 0.6 is 11.6 Å². The summed E-state index contributed by atoms with van der Waals surface area (Å²) in [6, 6.07) is 5.25. The fraction of sp³-hybridized carbons (Fsp3) is 0.300. The molecule has 1 aliphatic rings. The van der Waals surface area contributed by atoms with Crippen LogP contribution in [0.15, 0.2) is 30.6 Å². The lowest BCUT2D eigenvalue weighted by molar-refractivity contribution is -0.114. The summed E-state index contributed by atoms with van der Waals surface area (Å²) < 4.78 is 5.27. The third-order valence-electron chi connectivity index (χ3n) is 4.87. The first-order valence-corrected chi connectivity index (χ1v) is 9.68. The Morgan fingerprint density at radius 3 is 2.79 bits per heavy atom. The molecular weight excluding hydrogens is 394 g/mol. The van der Waals surface area contributed by atoms with Crippen molar-refractivity contribution in [1.29, 1.82) is 0 Å². The van der Waals surface area contributed by atoms with Crippen LogP contribution in [-0.4, -0.2) is 45.0 Å². The molecule has 0 radical (unpaired) electrons. The van der Waals surface area contributed by atoms with Gasteiger partial charge in [0, 0.05) is 53.0 Å². The summed E-state index contributed by atoms with van der Waals surface area (Å²) in [5.41, 5.74) is 3.66. The molecule has 8 nitrogen and oxygen atoms in total. The van der Waals surface area contributed by atoms with E-state index in [1.807, 2.05) is 18.2 Å². The zero-order valence-corrected chi connectivity index (χ0v) is 16.8. The molecule has 2 amide bonds. The van der Waals surface area contributed by atoms with Crippen molar-refractivity contribution < 1.29 is 14.3 Å². The van der Waals surface area contributed by atoms with E-state index in [-0.39, 0.29) is 18.5 Å². The quantitative estimate of drug-likeness (QED) is 0.682. The second-order valence-corrected chi connectivity index (χ2v) is 7.21. The van der Waals surface area contributed by atoms with Crippen molar-refractivity contribution in [1.82, 2.24) is 19.9 Å². The van der Waals surface area contributed by atoms with Gasteiger partial charge in [-0.1, -0.05) is 11.6 Å². The number of H-pyrrole nitrogens is 1. The lowest BCUT2D eigenvalue weighted by atomic mass is 9.94. The number of fused-ring (bicyclic) bond motifs is 3. The van der Waals surface area contributed by atoms with Crippen LogP contribution in [0.4, 0.5) is 10.7 Å². The van der Waals surface area contributed by atoms with Gasteiger partial charge in [0.2, 0.25) is 11.9 Å². The van der Waals surface area contributed by atoms with Gasteiger partial charge in [0.25, 0.3) is 0 Å². The number of carbonyl (C=O) groups is 2. The summed E-state index contributed by atoms with van der Waals surface area (Å²) in [5.74, 6) is -0.0401. The van der Waals surface area contributed by atoms with Gasteiger partial charge in [-0.15, -0.1) is 0 Å². The van der Waals surface area contributed by atoms with E-state index in [9.17, 15) is 9.59 Å². The first-order valence-electron chi connectivity index (χ1n) is 9.31. The largest absolute Gasteiger partial charge is 0.450 e. The van der Waals surface area contributed by atoms with E-state index >= 15 is 0 Å². The summed E-state index contributed by atoms with van der Waals surface area (Å²) in [6.07, 6.45) is 3.51. The van der Waals surface area contributed by atoms with Crippen LogP contribution in [0.5, 0.6) is 0 Å². The van der Waals surface area contributed by atoms with Crippen LogP contribution < -0.4 is 5.32 Å². The Kier molecular flexibility index (Phi) is 5.10. The first-order chi connectivity index (χ1) is 14.0. The molecule has 1 unspecified atom stereocenters. The summed E-state index contributed by atoms with van der Waals surface area (Å²) in [5, 5.41) is 4.24. The van der Waals surface area contributed by atoms with Crippen molar-refractivity contribution in [2.24, 2.45) is 0 Å². The molecule has 2 N–H and O–H groups in total. The van der Waals surface area contributed by atoms with Crippen molar-refractivity contribution in [2.75, 3.05) is 18.5 Å². The summed E-state index contributed by atoms with van der Waals surface area (Å²) in [4.78, 5) is 37.4. The Morgan fingerprint density at radius 2 is 2.10 bits per heavy atom. The minimum Gasteiger partial charge on any atom is -0.450 e. The lowest BCUT2D eigenvalue weighted by Crippen LogP contribution is -2.41. The number of benzene rings is 1. The van der Waals surface area contributed by atoms with Crippen LogP contribution in [-0.2, 0) is 16.0 Å². The number of rotatable bonds is 3. The van der Waals surface area contributed by atoms with Crippen molar-refractivity contribution in [3.05, 3.63) is 52.4 Å². The van der Waals surface area contributed by atoms with Gasteiger partial charge >= 0.3 is 6.09 Å². The Labute approximate surface area is 172 Å². The smallest absolute Gasteiger partial charge is 0.410 e. The third kappa shape index (κ3) is 3.63.